The molecule has 1 N–H and O–H groups in total. The monoisotopic (exact) mass is 646 g/mol. The molecule has 6 bridgehead atoms. The summed E-state index contributed by atoms with van der Waals surface area (Å²) in [7, 11) is 0. The second-order valence-corrected chi connectivity index (χ2v) is 16.5. The van der Waals surface area contributed by atoms with Gasteiger partial charge in [-0.05, 0) is 114 Å². The number of carbonyl (C=O) groups excluding carboxylic acids is 5. The average Bonchev–Trinajstić information content (AvgIpc) is 3.77. The number of imide groups is 2. The molecular weight excluding hydrogens is 596 g/mol. The van der Waals surface area contributed by atoms with Crippen LogP contribution in [0.3, 0.4) is 0 Å². The van der Waals surface area contributed by atoms with E-state index in [0.29, 0.717) is 41.2 Å². The number of carbonyl (C=O) groups is 5. The van der Waals surface area contributed by atoms with Crippen molar-refractivity contribution in [2.24, 2.45) is 47.3 Å². The molecule has 0 aromatic carbocycles. The van der Waals surface area contributed by atoms with E-state index in [0.717, 1.165) is 56.8 Å². The van der Waals surface area contributed by atoms with Crippen LogP contribution in [0, 0.1) is 47.3 Å². The molecule has 2 saturated heterocycles. The first kappa shape index (κ1) is 32.5. The maximum absolute atomic E-state index is 12.2. The van der Waals surface area contributed by atoms with Gasteiger partial charge < -0.3 is 9.84 Å². The lowest BCUT2D eigenvalue weighted by Gasteiger charge is -2.59. The van der Waals surface area contributed by atoms with E-state index in [-0.39, 0.29) is 59.1 Å². The number of nitrogens with zero attached hydrogens (tertiary/aromatic N) is 2. The van der Waals surface area contributed by atoms with Gasteiger partial charge in [-0.1, -0.05) is 32.6 Å². The van der Waals surface area contributed by atoms with Gasteiger partial charge in [0.15, 0.2) is 0 Å². The molecule has 8 aliphatic carbocycles. The predicted molar refractivity (Wildman–Crippen MR) is 173 cm³/mol. The first-order valence-corrected chi connectivity index (χ1v) is 17.9. The lowest BCUT2D eigenvalue weighted by molar-refractivity contribution is -0.216. The molecule has 10 unspecified atom stereocenters. The Morgan fingerprint density at radius 3 is 2.00 bits per heavy atom. The Kier molecular flexibility index (Phi) is 7.96. The lowest BCUT2D eigenvalue weighted by Crippen LogP contribution is -2.67. The summed E-state index contributed by atoms with van der Waals surface area (Å²) in [5, 5.41) is 10.4. The molecule has 47 heavy (non-hydrogen) atoms. The van der Waals surface area contributed by atoms with Gasteiger partial charge in [0, 0.05) is 23.6 Å². The predicted octanol–water partition coefficient (Wildman–Crippen LogP) is 4.88. The molecule has 0 radical (unpaired) electrons. The average molecular weight is 647 g/mol. The number of hydrogen-bond acceptors (Lipinski definition) is 7. The van der Waals surface area contributed by atoms with Crippen LogP contribution in [-0.4, -0.2) is 67.8 Å². The van der Waals surface area contributed by atoms with Crippen LogP contribution in [0.15, 0.2) is 37.0 Å². The largest absolute Gasteiger partial charge is 0.456 e. The van der Waals surface area contributed by atoms with Crippen LogP contribution in [0.25, 0.3) is 0 Å². The van der Waals surface area contributed by atoms with Gasteiger partial charge >= 0.3 is 5.97 Å². The third-order valence-corrected chi connectivity index (χ3v) is 13.4. The van der Waals surface area contributed by atoms with E-state index in [1.54, 1.807) is 13.8 Å². The van der Waals surface area contributed by atoms with Gasteiger partial charge in [0.05, 0.1) is 29.5 Å². The van der Waals surface area contributed by atoms with Crippen molar-refractivity contribution in [2.45, 2.75) is 121 Å². The molecule has 0 spiro atoms. The molecule has 10 aliphatic rings. The Bertz CT molecular complexity index is 1430. The molecule has 2 heterocycles. The number of amides is 4. The highest BCUT2D eigenvalue weighted by Gasteiger charge is 2.69. The number of hydrogen-bond donors (Lipinski definition) is 1. The molecular formula is C38H50N2O7. The maximum atomic E-state index is 12.2. The SMILES string of the molecule is C=C(C)C(=O)N1C(=O)C2C3CC(C4CCCC43)C21.C=C(C)C(=O)N1C(=O)C2CCCC21.C=CC(=O)OC12CC3CC(CC(O)(C3)C1)C2. The van der Waals surface area contributed by atoms with E-state index in [2.05, 4.69) is 19.7 Å². The molecule has 10 fully saturated rings. The normalized spacial score (nSPS) is 43.6. The summed E-state index contributed by atoms with van der Waals surface area (Å²) in [4.78, 5) is 61.5. The molecule has 10 rings (SSSR count). The van der Waals surface area contributed by atoms with Crippen LogP contribution in [0.2, 0.25) is 0 Å². The van der Waals surface area contributed by atoms with E-state index < -0.39 is 5.60 Å². The van der Waals surface area contributed by atoms with Gasteiger partial charge in [-0.3, -0.25) is 29.0 Å². The van der Waals surface area contributed by atoms with Crippen LogP contribution in [0.1, 0.15) is 97.3 Å². The van der Waals surface area contributed by atoms with E-state index in [1.165, 1.54) is 48.0 Å². The topological polar surface area (TPSA) is 121 Å². The highest BCUT2D eigenvalue weighted by Crippen LogP contribution is 2.65. The smallest absolute Gasteiger partial charge is 0.330 e. The fraction of sp³-hybridized carbons (Fsp3) is 0.711. The summed E-state index contributed by atoms with van der Waals surface area (Å²) in [6, 6.07) is 0.419. The van der Waals surface area contributed by atoms with E-state index in [4.69, 9.17) is 4.74 Å². The first-order valence-electron chi connectivity index (χ1n) is 17.9. The molecule has 2 aliphatic heterocycles. The molecule has 10 atom stereocenters. The van der Waals surface area contributed by atoms with Crippen LogP contribution >= 0.6 is 0 Å². The van der Waals surface area contributed by atoms with Crippen molar-refractivity contribution in [1.82, 2.24) is 9.80 Å². The van der Waals surface area contributed by atoms with E-state index >= 15 is 0 Å². The van der Waals surface area contributed by atoms with Crippen molar-refractivity contribution in [3.8, 4) is 0 Å². The molecule has 0 aromatic heterocycles. The Balaban J connectivity index is 0.000000114. The zero-order valence-electron chi connectivity index (χ0n) is 28.0. The molecule has 9 nitrogen and oxygen atoms in total. The van der Waals surface area contributed by atoms with Gasteiger partial charge in [-0.25, -0.2) is 4.79 Å². The number of aliphatic hydroxyl groups is 1. The highest BCUT2D eigenvalue weighted by atomic mass is 16.6. The highest BCUT2D eigenvalue weighted by molar-refractivity contribution is 6.09. The van der Waals surface area contributed by atoms with E-state index in [9.17, 15) is 29.1 Å². The van der Waals surface area contributed by atoms with Gasteiger partial charge in [-0.15, -0.1) is 0 Å². The van der Waals surface area contributed by atoms with Gasteiger partial charge in [0.2, 0.25) is 11.8 Å². The number of fused-ring (bicyclic) bond motifs is 9. The number of esters is 1. The van der Waals surface area contributed by atoms with Crippen LogP contribution in [-0.2, 0) is 28.7 Å². The zero-order chi connectivity index (χ0) is 33.6. The first-order chi connectivity index (χ1) is 22.3. The standard InChI is InChI=1S/C15H19NO2.C13H18O3.C10H13NO2/c1-7(2)14(17)16-13-11-6-10(12(13)15(16)18)8-4-3-5-9(8)11;1-2-11(14)16-13-6-9-3-10(7-13)5-12(15,4-9)8-13;1-6(2)9(12)11-8-5-3-4-7(8)10(11)13/h8-13H,1,3-6H2,2H3;2,9-10,15H,1,3-8H2;7-8H,1,3-5H2,2H3. The fourth-order valence-corrected chi connectivity index (χ4v) is 12.2. The van der Waals surface area contributed by atoms with Crippen LogP contribution in [0.4, 0.5) is 0 Å². The minimum atomic E-state index is -0.564. The quantitative estimate of drug-likeness (QED) is 0.263. The molecule has 254 valence electrons. The second-order valence-electron chi connectivity index (χ2n) is 16.5. The van der Waals surface area contributed by atoms with Gasteiger partial charge in [0.25, 0.3) is 11.8 Å². The Labute approximate surface area is 277 Å². The van der Waals surface area contributed by atoms with Crippen molar-refractivity contribution in [2.75, 3.05) is 0 Å². The Hall–Kier alpha value is -3.07. The third-order valence-electron chi connectivity index (χ3n) is 13.4. The Morgan fingerprint density at radius 2 is 1.40 bits per heavy atom. The summed E-state index contributed by atoms with van der Waals surface area (Å²) in [6.45, 7) is 14.0. The van der Waals surface area contributed by atoms with Crippen molar-refractivity contribution < 1.29 is 33.8 Å². The molecule has 4 amide bonds. The number of ether oxygens (including phenoxy) is 1. The molecule has 8 saturated carbocycles. The summed E-state index contributed by atoms with van der Waals surface area (Å²) in [5.41, 5.74) is 0.00146. The van der Waals surface area contributed by atoms with Crippen molar-refractivity contribution in [1.29, 1.82) is 0 Å². The zero-order valence-corrected chi connectivity index (χ0v) is 28.0. The lowest BCUT2D eigenvalue weighted by atomic mass is 9.52. The second kappa shape index (κ2) is 11.5. The fourth-order valence-electron chi connectivity index (χ4n) is 12.2. The van der Waals surface area contributed by atoms with Crippen molar-refractivity contribution in [3.63, 3.8) is 0 Å². The van der Waals surface area contributed by atoms with Crippen molar-refractivity contribution >= 4 is 29.6 Å². The number of rotatable bonds is 4. The molecule has 9 heteroatoms. The van der Waals surface area contributed by atoms with Crippen molar-refractivity contribution in [3.05, 3.63) is 37.0 Å². The minimum Gasteiger partial charge on any atom is -0.456 e. The Morgan fingerprint density at radius 1 is 0.809 bits per heavy atom. The summed E-state index contributed by atoms with van der Waals surface area (Å²) in [5.74, 6) is 3.63. The maximum Gasteiger partial charge on any atom is 0.330 e. The number of likely N-dealkylation sites (tertiary alicyclic amines) is 2. The summed E-state index contributed by atoms with van der Waals surface area (Å²) >= 11 is 0. The number of β-lactam (4-membered cyclic amide) rings is 2. The van der Waals surface area contributed by atoms with Crippen LogP contribution < -0.4 is 0 Å². The van der Waals surface area contributed by atoms with Crippen LogP contribution in [0.5, 0.6) is 0 Å². The third kappa shape index (κ3) is 5.17. The summed E-state index contributed by atoms with van der Waals surface area (Å²) < 4.78 is 5.55. The van der Waals surface area contributed by atoms with E-state index in [1.807, 2.05) is 0 Å². The molecule has 0 aromatic rings. The minimum absolute atomic E-state index is 0.00972. The van der Waals surface area contributed by atoms with Gasteiger partial charge in [-0.2, -0.15) is 0 Å². The summed E-state index contributed by atoms with van der Waals surface area (Å²) in [6.07, 6.45) is 14.9. The van der Waals surface area contributed by atoms with Gasteiger partial charge in [0.1, 0.15) is 5.60 Å².